The van der Waals surface area contributed by atoms with Crippen molar-refractivity contribution in [1.29, 1.82) is 0 Å². The smallest absolute Gasteiger partial charge is 0.387 e. The van der Waals surface area contributed by atoms with Crippen molar-refractivity contribution in [3.63, 3.8) is 0 Å². The van der Waals surface area contributed by atoms with Crippen molar-refractivity contribution in [2.75, 3.05) is 5.32 Å². The van der Waals surface area contributed by atoms with Crippen LogP contribution in [0.25, 0.3) is 0 Å². The van der Waals surface area contributed by atoms with Crippen LogP contribution in [0.5, 0.6) is 5.75 Å². The topological polar surface area (TPSA) is 68.3 Å². The summed E-state index contributed by atoms with van der Waals surface area (Å²) < 4.78 is 76.8. The first kappa shape index (κ1) is 18.0. The minimum atomic E-state index is -4.75. The van der Waals surface area contributed by atoms with E-state index in [4.69, 9.17) is 0 Å². The number of alkyl halides is 4. The molecular weight excluding hydrogens is 352 g/mol. The van der Waals surface area contributed by atoms with Gasteiger partial charge in [-0.15, -0.1) is 0 Å². The van der Waals surface area contributed by atoms with Crippen LogP contribution in [-0.2, 0) is 16.4 Å². The molecule has 0 aliphatic rings. The predicted octanol–water partition coefficient (Wildman–Crippen LogP) is 3.29. The molecule has 0 bridgehead atoms. The second-order valence-electron chi connectivity index (χ2n) is 4.52. The van der Waals surface area contributed by atoms with Crippen LogP contribution in [-0.4, -0.2) is 25.8 Å². The lowest BCUT2D eigenvalue weighted by atomic mass is 10.3. The average molecular weight is 364 g/mol. The number of halogens is 4. The Morgan fingerprint density at radius 3 is 2.38 bits per heavy atom. The summed E-state index contributed by atoms with van der Waals surface area (Å²) in [7, 11) is -4.75. The Morgan fingerprint density at radius 1 is 1.08 bits per heavy atom. The van der Waals surface area contributed by atoms with Crippen molar-refractivity contribution in [1.82, 2.24) is 4.98 Å². The molecule has 1 heterocycles. The van der Waals surface area contributed by atoms with E-state index in [1.165, 1.54) is 30.3 Å². The summed E-state index contributed by atoms with van der Waals surface area (Å²) >= 11 is 0. The molecule has 0 saturated carbocycles. The quantitative estimate of drug-likeness (QED) is 0.764. The Bertz CT molecular complexity index is 783. The van der Waals surface area contributed by atoms with Crippen LogP contribution < -0.4 is 10.1 Å². The van der Waals surface area contributed by atoms with Crippen molar-refractivity contribution in [2.24, 2.45) is 0 Å². The summed E-state index contributed by atoms with van der Waals surface area (Å²) in [5.41, 5.74) is 0.369. The molecule has 1 aromatic carbocycles. The van der Waals surface area contributed by atoms with Gasteiger partial charge < -0.3 is 10.1 Å². The standard InChI is InChI=1S/C14H12F4N2O3S/c15-13(16)23-10-6-5-9(19-8-10)7-20-11-3-1-2-4-12(11)24(21,22)14(17)18/h1-6,8,13-14,20H,7H2. The molecule has 2 rings (SSSR count). The Labute approximate surface area is 135 Å². The van der Waals surface area contributed by atoms with Gasteiger partial charge in [0.1, 0.15) is 5.75 Å². The second kappa shape index (κ2) is 7.47. The molecule has 0 unspecified atom stereocenters. The van der Waals surface area contributed by atoms with Crippen LogP contribution in [0, 0.1) is 0 Å². The Hall–Kier alpha value is -2.36. The largest absolute Gasteiger partial charge is 0.433 e. The molecule has 0 aliphatic heterocycles. The van der Waals surface area contributed by atoms with E-state index in [0.29, 0.717) is 5.69 Å². The number of hydrogen-bond acceptors (Lipinski definition) is 5. The molecule has 0 atom stereocenters. The van der Waals surface area contributed by atoms with Crippen molar-refractivity contribution in [3.8, 4) is 5.75 Å². The van der Waals surface area contributed by atoms with Crippen LogP contribution in [0.1, 0.15) is 5.69 Å². The SMILES string of the molecule is O=S(=O)(c1ccccc1NCc1ccc(OC(F)F)cn1)C(F)F. The zero-order chi connectivity index (χ0) is 17.7. The number of benzene rings is 1. The van der Waals surface area contributed by atoms with Gasteiger partial charge in [-0.1, -0.05) is 12.1 Å². The van der Waals surface area contributed by atoms with Crippen LogP contribution in [0.3, 0.4) is 0 Å². The van der Waals surface area contributed by atoms with E-state index >= 15 is 0 Å². The van der Waals surface area contributed by atoms with Gasteiger partial charge in [0.2, 0.25) is 9.84 Å². The third-order valence-corrected chi connectivity index (χ3v) is 4.35. The van der Waals surface area contributed by atoms with Gasteiger partial charge in [0.15, 0.2) is 0 Å². The molecule has 5 nitrogen and oxygen atoms in total. The number of para-hydroxylation sites is 1. The number of ether oxygens (including phenoxy) is 1. The molecule has 1 aromatic heterocycles. The molecule has 0 saturated heterocycles. The minimum Gasteiger partial charge on any atom is -0.433 e. The lowest BCUT2D eigenvalue weighted by molar-refractivity contribution is -0.0500. The van der Waals surface area contributed by atoms with Gasteiger partial charge in [0, 0.05) is 0 Å². The van der Waals surface area contributed by atoms with Crippen molar-refractivity contribution < 1.29 is 30.7 Å². The third kappa shape index (κ3) is 4.34. The fourth-order valence-electron chi connectivity index (χ4n) is 1.83. The number of nitrogens with zero attached hydrogens (tertiary/aromatic N) is 1. The maximum absolute atomic E-state index is 12.7. The number of nitrogens with one attached hydrogen (secondary N) is 1. The third-order valence-electron chi connectivity index (χ3n) is 2.91. The highest BCUT2D eigenvalue weighted by molar-refractivity contribution is 7.91. The molecule has 130 valence electrons. The maximum Gasteiger partial charge on any atom is 0.387 e. The normalized spacial score (nSPS) is 11.8. The van der Waals surface area contributed by atoms with Crippen molar-refractivity contribution in [3.05, 3.63) is 48.3 Å². The van der Waals surface area contributed by atoms with E-state index in [2.05, 4.69) is 15.0 Å². The van der Waals surface area contributed by atoms with E-state index in [0.717, 1.165) is 12.3 Å². The summed E-state index contributed by atoms with van der Waals surface area (Å²) in [6.45, 7) is -2.97. The zero-order valence-corrected chi connectivity index (χ0v) is 12.8. The fourth-order valence-corrected chi connectivity index (χ4v) is 2.74. The van der Waals surface area contributed by atoms with Crippen molar-refractivity contribution >= 4 is 15.5 Å². The van der Waals surface area contributed by atoms with Crippen LogP contribution in [0.4, 0.5) is 23.2 Å². The molecule has 0 fully saturated rings. The van der Waals surface area contributed by atoms with Crippen molar-refractivity contribution in [2.45, 2.75) is 23.8 Å². The molecule has 0 aliphatic carbocycles. The molecule has 0 spiro atoms. The molecule has 24 heavy (non-hydrogen) atoms. The summed E-state index contributed by atoms with van der Waals surface area (Å²) in [5, 5.41) is 2.69. The first-order chi connectivity index (χ1) is 11.3. The lowest BCUT2D eigenvalue weighted by Gasteiger charge is -2.12. The molecular formula is C14H12F4N2O3S. The van der Waals surface area contributed by atoms with Gasteiger partial charge in [-0.3, -0.25) is 4.98 Å². The first-order valence-corrected chi connectivity index (χ1v) is 8.10. The Balaban J connectivity index is 2.13. The summed E-state index contributed by atoms with van der Waals surface area (Å²) in [6.07, 6.45) is 1.07. The van der Waals surface area contributed by atoms with E-state index in [-0.39, 0.29) is 18.0 Å². The Kier molecular flexibility index (Phi) is 5.60. The number of anilines is 1. The maximum atomic E-state index is 12.7. The number of hydrogen-bond donors (Lipinski definition) is 1. The van der Waals surface area contributed by atoms with Gasteiger partial charge in [0.05, 0.1) is 29.0 Å². The van der Waals surface area contributed by atoms with Crippen LogP contribution >= 0.6 is 0 Å². The first-order valence-electron chi connectivity index (χ1n) is 6.55. The Morgan fingerprint density at radius 2 is 1.79 bits per heavy atom. The lowest BCUT2D eigenvalue weighted by Crippen LogP contribution is -2.14. The van der Waals surface area contributed by atoms with Gasteiger partial charge in [0.25, 0.3) is 0 Å². The predicted molar refractivity (Wildman–Crippen MR) is 77.8 cm³/mol. The van der Waals surface area contributed by atoms with E-state index < -0.39 is 27.1 Å². The second-order valence-corrected chi connectivity index (χ2v) is 6.41. The monoisotopic (exact) mass is 364 g/mol. The summed E-state index contributed by atoms with van der Waals surface area (Å²) in [4.78, 5) is 3.33. The average Bonchev–Trinajstić information content (AvgIpc) is 2.54. The number of pyridine rings is 1. The fraction of sp³-hybridized carbons (Fsp3) is 0.214. The van der Waals surface area contributed by atoms with E-state index in [9.17, 15) is 26.0 Å². The zero-order valence-electron chi connectivity index (χ0n) is 12.0. The highest BCUT2D eigenvalue weighted by atomic mass is 32.2. The highest BCUT2D eigenvalue weighted by Gasteiger charge is 2.28. The number of rotatable bonds is 7. The number of aromatic nitrogens is 1. The van der Waals surface area contributed by atoms with E-state index in [1.54, 1.807) is 0 Å². The highest BCUT2D eigenvalue weighted by Crippen LogP contribution is 2.26. The van der Waals surface area contributed by atoms with E-state index in [1.807, 2.05) is 0 Å². The molecule has 2 aromatic rings. The van der Waals surface area contributed by atoms with Crippen LogP contribution in [0.15, 0.2) is 47.5 Å². The summed E-state index contributed by atoms with van der Waals surface area (Å²) in [6, 6.07) is 7.86. The molecule has 0 amide bonds. The molecule has 1 N–H and O–H groups in total. The minimum absolute atomic E-state index is 0.00469. The molecule has 0 radical (unpaired) electrons. The number of sulfone groups is 1. The molecule has 10 heteroatoms. The van der Waals surface area contributed by atoms with Gasteiger partial charge >= 0.3 is 12.4 Å². The summed E-state index contributed by atoms with van der Waals surface area (Å²) in [5.74, 6) is -3.67. The van der Waals surface area contributed by atoms with Gasteiger partial charge in [-0.2, -0.15) is 17.6 Å². The van der Waals surface area contributed by atoms with Gasteiger partial charge in [-0.05, 0) is 24.3 Å². The van der Waals surface area contributed by atoms with Crippen LogP contribution in [0.2, 0.25) is 0 Å². The van der Waals surface area contributed by atoms with Gasteiger partial charge in [-0.25, -0.2) is 8.42 Å².